The minimum absolute atomic E-state index is 0.240. The highest BCUT2D eigenvalue weighted by Crippen LogP contribution is 2.50. The van der Waals surface area contributed by atoms with Crippen LogP contribution < -0.4 is 25.9 Å². The van der Waals surface area contributed by atoms with Gasteiger partial charge in [0.15, 0.2) is 0 Å². The largest absolute Gasteiger partial charge is 0.255 e. The van der Waals surface area contributed by atoms with Crippen LogP contribution in [0.3, 0.4) is 0 Å². The van der Waals surface area contributed by atoms with Crippen molar-refractivity contribution in [1.29, 1.82) is 0 Å². The minimum atomic E-state index is 0.240. The first-order valence-electron chi connectivity index (χ1n) is 19.1. The van der Waals surface area contributed by atoms with Gasteiger partial charge in [-0.05, 0) is 116 Å². The standard InChI is InChI=1S/C47H50B2S3/c1-26-17-30(5)44(31(6)18-26)48(45-32(7)19-27(2)20-33(45)8)42-15-13-40(51-42)38-11-12-39(50-38)41-14-16-43(52-41)49-46-34(9)21-28(3)23-36(46)25-37-24-29(4)22-35(10)47(37)49/h12-23,37-38H,11,24-25H2,1-10H3/t37-,38?/m0/s1. The van der Waals surface area contributed by atoms with E-state index in [1.54, 1.807) is 16.5 Å². The highest BCUT2D eigenvalue weighted by molar-refractivity contribution is 8.09. The van der Waals surface area contributed by atoms with E-state index in [9.17, 15) is 0 Å². The third-order valence-corrected chi connectivity index (χ3v) is 15.9. The number of fused-ring (bicyclic) bond motifs is 2. The van der Waals surface area contributed by atoms with Crippen molar-refractivity contribution in [3.8, 4) is 0 Å². The molecule has 5 aromatic rings. The number of thioether (sulfide) groups is 1. The van der Waals surface area contributed by atoms with Gasteiger partial charge in [0.1, 0.15) is 0 Å². The first-order valence-corrected chi connectivity index (χ1v) is 21.6. The number of aryl methyl sites for hydroxylation is 8. The van der Waals surface area contributed by atoms with Crippen LogP contribution >= 0.6 is 34.4 Å². The SMILES string of the molecule is CC1=CC(C)=C2B(c3ccc(C4=CCC(c5ccc(B(c6c(C)cc(C)cc6C)c6c(C)cc(C)cc6C)s5)S4)s3)c3c(C)cc(C)cc3C[C@@H]2C1. The molecule has 5 heteroatoms. The molecule has 0 N–H and O–H groups in total. The van der Waals surface area contributed by atoms with Gasteiger partial charge in [0.25, 0.3) is 13.4 Å². The lowest BCUT2D eigenvalue weighted by molar-refractivity contribution is 0.608. The number of thiophene rings is 2. The molecule has 8 rings (SSSR count). The van der Waals surface area contributed by atoms with Gasteiger partial charge in [-0.15, -0.1) is 23.1 Å². The second-order valence-corrected chi connectivity index (χ2v) is 19.7. The summed E-state index contributed by atoms with van der Waals surface area (Å²) >= 11 is 6.17. The summed E-state index contributed by atoms with van der Waals surface area (Å²) in [6.07, 6.45) is 8.43. The van der Waals surface area contributed by atoms with Crippen LogP contribution in [0.1, 0.15) is 91.8 Å². The maximum absolute atomic E-state index is 2.52. The monoisotopic (exact) mass is 732 g/mol. The first kappa shape index (κ1) is 35.8. The van der Waals surface area contributed by atoms with Crippen molar-refractivity contribution in [1.82, 2.24) is 0 Å². The number of rotatable bonds is 6. The Bertz CT molecular complexity index is 2240. The molecule has 0 bridgehead atoms. The quantitative estimate of drug-likeness (QED) is 0.157. The highest BCUT2D eigenvalue weighted by atomic mass is 32.2. The van der Waals surface area contributed by atoms with Crippen LogP contribution in [0.5, 0.6) is 0 Å². The molecule has 0 amide bonds. The van der Waals surface area contributed by atoms with E-state index in [4.69, 9.17) is 0 Å². The molecule has 0 radical (unpaired) electrons. The summed E-state index contributed by atoms with van der Waals surface area (Å²) in [7, 11) is 0. The van der Waals surface area contributed by atoms with Crippen molar-refractivity contribution in [3.63, 3.8) is 0 Å². The van der Waals surface area contributed by atoms with Crippen molar-refractivity contribution >= 4 is 78.7 Å². The van der Waals surface area contributed by atoms with Gasteiger partial charge in [0.2, 0.25) is 0 Å². The van der Waals surface area contributed by atoms with Crippen LogP contribution in [0.25, 0.3) is 4.91 Å². The van der Waals surface area contributed by atoms with E-state index in [0.29, 0.717) is 17.9 Å². The van der Waals surface area contributed by atoms with Crippen molar-refractivity contribution in [2.45, 2.75) is 93.7 Å². The lowest BCUT2D eigenvalue weighted by atomic mass is 9.32. The zero-order valence-electron chi connectivity index (χ0n) is 32.6. The van der Waals surface area contributed by atoms with Gasteiger partial charge in [0.05, 0.1) is 0 Å². The van der Waals surface area contributed by atoms with Crippen molar-refractivity contribution in [2.75, 3.05) is 0 Å². The minimum Gasteiger partial charge on any atom is -0.153 e. The van der Waals surface area contributed by atoms with Gasteiger partial charge in [-0.2, -0.15) is 11.3 Å². The molecule has 262 valence electrons. The predicted molar refractivity (Wildman–Crippen MR) is 237 cm³/mol. The van der Waals surface area contributed by atoms with E-state index in [1.165, 1.54) is 104 Å². The zero-order chi connectivity index (χ0) is 36.6. The average molecular weight is 733 g/mol. The van der Waals surface area contributed by atoms with Crippen LogP contribution in [0.4, 0.5) is 0 Å². The molecule has 2 atom stereocenters. The Morgan fingerprint density at radius 3 is 1.92 bits per heavy atom. The summed E-state index contributed by atoms with van der Waals surface area (Å²) in [5.41, 5.74) is 21.9. The summed E-state index contributed by atoms with van der Waals surface area (Å²) in [5.74, 6) is 0.607. The molecule has 0 spiro atoms. The molecule has 0 saturated heterocycles. The summed E-state index contributed by atoms with van der Waals surface area (Å²) in [4.78, 5) is 4.39. The molecule has 1 unspecified atom stereocenters. The Kier molecular flexibility index (Phi) is 9.54. The Hall–Kier alpha value is -3.24. The summed E-state index contributed by atoms with van der Waals surface area (Å²) in [6.45, 7) is 23.6. The van der Waals surface area contributed by atoms with Gasteiger partial charge >= 0.3 is 0 Å². The Morgan fingerprint density at radius 2 is 1.27 bits per heavy atom. The fourth-order valence-corrected chi connectivity index (χ4v) is 14.0. The molecule has 3 aliphatic rings. The van der Waals surface area contributed by atoms with Crippen LogP contribution in [0.2, 0.25) is 0 Å². The molecule has 3 aromatic carbocycles. The second-order valence-electron chi connectivity index (χ2n) is 16.2. The van der Waals surface area contributed by atoms with Gasteiger partial charge in [-0.3, -0.25) is 0 Å². The first-order chi connectivity index (χ1) is 24.9. The molecule has 0 fully saturated rings. The van der Waals surface area contributed by atoms with Crippen LogP contribution in [0, 0.1) is 61.3 Å². The fraction of sp³-hybridized carbons (Fsp3) is 0.319. The second kappa shape index (κ2) is 13.9. The lowest BCUT2D eigenvalue weighted by Gasteiger charge is -2.37. The normalized spacial score (nSPS) is 18.4. The fourth-order valence-electron chi connectivity index (χ4n) is 10.2. The number of hydrogen-bond donors (Lipinski definition) is 0. The molecular formula is C47H50B2S3. The molecule has 2 aromatic heterocycles. The van der Waals surface area contributed by atoms with Crippen LogP contribution in [-0.4, -0.2) is 13.4 Å². The number of allylic oxidation sites excluding steroid dienone is 5. The van der Waals surface area contributed by atoms with E-state index in [0.717, 1.165) is 6.42 Å². The smallest absolute Gasteiger partial charge is 0.153 e. The van der Waals surface area contributed by atoms with Crippen LogP contribution in [0.15, 0.2) is 89.4 Å². The van der Waals surface area contributed by atoms with Gasteiger partial charge in [-0.1, -0.05) is 144 Å². The molecule has 1 aliphatic carbocycles. The Morgan fingerprint density at radius 1 is 0.654 bits per heavy atom. The van der Waals surface area contributed by atoms with E-state index in [-0.39, 0.29) is 6.71 Å². The van der Waals surface area contributed by atoms with E-state index in [1.807, 2.05) is 22.7 Å². The van der Waals surface area contributed by atoms with Gasteiger partial charge in [-0.25, -0.2) is 0 Å². The van der Waals surface area contributed by atoms with Crippen molar-refractivity contribution in [2.24, 2.45) is 5.92 Å². The maximum atomic E-state index is 2.52. The summed E-state index contributed by atoms with van der Waals surface area (Å²) in [5, 5.41) is 0.460. The number of hydrogen-bond acceptors (Lipinski definition) is 3. The van der Waals surface area contributed by atoms with E-state index < -0.39 is 0 Å². The lowest BCUT2D eigenvalue weighted by Crippen LogP contribution is -2.54. The van der Waals surface area contributed by atoms with Gasteiger partial charge < -0.3 is 0 Å². The van der Waals surface area contributed by atoms with E-state index >= 15 is 0 Å². The predicted octanol–water partition coefficient (Wildman–Crippen LogP) is 10.00. The van der Waals surface area contributed by atoms with Crippen molar-refractivity contribution < 1.29 is 0 Å². The number of benzene rings is 3. The molecule has 2 aliphatic heterocycles. The van der Waals surface area contributed by atoms with Crippen LogP contribution in [-0.2, 0) is 6.42 Å². The summed E-state index contributed by atoms with van der Waals surface area (Å²) < 4.78 is 2.97. The molecule has 4 heterocycles. The molecule has 0 saturated carbocycles. The van der Waals surface area contributed by atoms with Gasteiger partial charge in [0, 0.05) is 19.9 Å². The zero-order valence-corrected chi connectivity index (χ0v) is 35.0. The van der Waals surface area contributed by atoms with Crippen molar-refractivity contribution in [3.05, 3.63) is 149 Å². The summed E-state index contributed by atoms with van der Waals surface area (Å²) in [6, 6.07) is 24.2. The molecule has 52 heavy (non-hydrogen) atoms. The highest BCUT2D eigenvalue weighted by Gasteiger charge is 2.40. The molecular weight excluding hydrogens is 682 g/mol. The Balaban J connectivity index is 1.11. The van der Waals surface area contributed by atoms with E-state index in [2.05, 4.69) is 154 Å². The third-order valence-electron chi connectivity index (χ3n) is 11.9. The molecule has 0 nitrogen and oxygen atoms in total. The third kappa shape index (κ3) is 6.39. The topological polar surface area (TPSA) is 0 Å². The maximum Gasteiger partial charge on any atom is 0.255 e. The Labute approximate surface area is 325 Å². The average Bonchev–Trinajstić information content (AvgIpc) is 3.83.